The van der Waals surface area contributed by atoms with Crippen LogP contribution in [0.2, 0.25) is 0 Å². The van der Waals surface area contributed by atoms with Crippen molar-refractivity contribution in [2.75, 3.05) is 64.8 Å². The Hall–Kier alpha value is -2.93. The minimum absolute atomic E-state index is 0.246. The number of ketones is 2. The highest BCUT2D eigenvalue weighted by Gasteiger charge is 2.08. The summed E-state index contributed by atoms with van der Waals surface area (Å²) in [5.41, 5.74) is 6.87. The van der Waals surface area contributed by atoms with Crippen molar-refractivity contribution in [1.82, 2.24) is 0 Å². The number of hydrogen-bond donors (Lipinski definition) is 1. The van der Waals surface area contributed by atoms with E-state index in [0.29, 0.717) is 69.2 Å². The predicted molar refractivity (Wildman–Crippen MR) is 159 cm³/mol. The summed E-state index contributed by atoms with van der Waals surface area (Å²) in [6, 6.07) is 10.6. The van der Waals surface area contributed by atoms with E-state index in [0.717, 1.165) is 15.6 Å². The van der Waals surface area contributed by atoms with Gasteiger partial charge in [-0.25, -0.2) is 0 Å². The van der Waals surface area contributed by atoms with E-state index >= 15 is 0 Å². The molecule has 2 N–H and O–H groups in total. The molecule has 0 spiro atoms. The first-order chi connectivity index (χ1) is 19.0. The van der Waals surface area contributed by atoms with Crippen molar-refractivity contribution in [3.8, 4) is 23.0 Å². The summed E-state index contributed by atoms with van der Waals surface area (Å²) in [5.74, 6) is 1.60. The molecule has 0 unspecified atom stereocenters. The van der Waals surface area contributed by atoms with Gasteiger partial charge in [0.1, 0.15) is 13.2 Å². The van der Waals surface area contributed by atoms with Gasteiger partial charge in [-0.15, -0.1) is 0 Å². The first kappa shape index (κ1) is 32.3. The third-order valence-corrected chi connectivity index (χ3v) is 5.54. The molecule has 0 aliphatic rings. The van der Waals surface area contributed by atoms with Crippen LogP contribution in [0.5, 0.6) is 23.0 Å². The van der Waals surface area contributed by atoms with Gasteiger partial charge in [-0.05, 0) is 47.5 Å². The number of benzene rings is 2. The number of ether oxygens (including phenoxy) is 6. The maximum Gasteiger partial charge on any atom is 0.163 e. The molecule has 0 fully saturated rings. The van der Waals surface area contributed by atoms with E-state index in [1.807, 2.05) is 6.07 Å². The Morgan fingerprint density at radius 2 is 1.21 bits per heavy atom. The fourth-order valence-electron chi connectivity index (χ4n) is 3.25. The Labute approximate surface area is 243 Å². The molecule has 212 valence electrons. The molecule has 0 aromatic heterocycles. The Bertz CT molecular complexity index is 1020. The summed E-state index contributed by atoms with van der Waals surface area (Å²) in [4.78, 5) is 24.7. The molecule has 0 heterocycles. The van der Waals surface area contributed by atoms with Gasteiger partial charge < -0.3 is 34.2 Å². The number of methoxy groups -OCH3 is 2. The van der Waals surface area contributed by atoms with Crippen molar-refractivity contribution in [3.05, 3.63) is 59.7 Å². The normalized spacial score (nSPS) is 11.2. The van der Waals surface area contributed by atoms with Gasteiger partial charge in [0.05, 0.1) is 47.1 Å². The summed E-state index contributed by atoms with van der Waals surface area (Å²) in [6.07, 6.45) is 5.78. The van der Waals surface area contributed by atoms with Crippen LogP contribution in [-0.2, 0) is 19.1 Å². The molecule has 0 aliphatic heterocycles. The Kier molecular flexibility index (Phi) is 15.9. The van der Waals surface area contributed by atoms with E-state index in [1.54, 1.807) is 49.6 Å². The zero-order chi connectivity index (χ0) is 28.3. The second-order valence-electron chi connectivity index (χ2n) is 8.00. The lowest BCUT2D eigenvalue weighted by Gasteiger charge is -2.11. The fourth-order valence-corrected chi connectivity index (χ4v) is 3.56. The van der Waals surface area contributed by atoms with Gasteiger partial charge in [0.15, 0.2) is 34.6 Å². The number of alkyl halides is 1. The van der Waals surface area contributed by atoms with Crippen LogP contribution in [0.15, 0.2) is 48.6 Å². The van der Waals surface area contributed by atoms with E-state index in [-0.39, 0.29) is 18.0 Å². The topological polar surface area (TPSA) is 116 Å². The molecule has 0 radical (unpaired) electrons. The van der Waals surface area contributed by atoms with Crippen LogP contribution in [0, 0.1) is 0 Å². The van der Waals surface area contributed by atoms with Gasteiger partial charge >= 0.3 is 0 Å². The lowest BCUT2D eigenvalue weighted by Crippen LogP contribution is -2.13. The average molecular weight is 654 g/mol. The molecule has 0 atom stereocenters. The second-order valence-corrected chi connectivity index (χ2v) is 9.07. The van der Waals surface area contributed by atoms with E-state index in [1.165, 1.54) is 19.3 Å². The van der Waals surface area contributed by atoms with Crippen LogP contribution in [0.4, 0.5) is 0 Å². The number of halogens is 1. The van der Waals surface area contributed by atoms with Gasteiger partial charge in [0.2, 0.25) is 0 Å². The quantitative estimate of drug-likeness (QED) is 0.0741. The number of allylic oxidation sites excluding steroid dienone is 2. The van der Waals surface area contributed by atoms with Crippen LogP contribution in [-0.4, -0.2) is 76.4 Å². The molecule has 39 heavy (non-hydrogen) atoms. The van der Waals surface area contributed by atoms with Gasteiger partial charge in [-0.2, -0.15) is 0 Å². The summed E-state index contributed by atoms with van der Waals surface area (Å²) < 4.78 is 33.8. The second kappa shape index (κ2) is 19.2. The minimum Gasteiger partial charge on any atom is -0.493 e. The first-order valence-electron chi connectivity index (χ1n) is 12.5. The lowest BCUT2D eigenvalue weighted by atomic mass is 10.1. The molecule has 0 saturated heterocycles. The molecule has 9 nitrogen and oxygen atoms in total. The summed E-state index contributed by atoms with van der Waals surface area (Å²) in [7, 11) is 3.09. The monoisotopic (exact) mass is 653 g/mol. The zero-order valence-corrected chi connectivity index (χ0v) is 24.5. The maximum atomic E-state index is 12.3. The van der Waals surface area contributed by atoms with Crippen molar-refractivity contribution in [2.24, 2.45) is 5.73 Å². The van der Waals surface area contributed by atoms with E-state index in [4.69, 9.17) is 34.2 Å². The van der Waals surface area contributed by atoms with Crippen molar-refractivity contribution in [3.63, 3.8) is 0 Å². The fraction of sp³-hybridized carbons (Fsp3) is 0.379. The van der Waals surface area contributed by atoms with Gasteiger partial charge in [0.25, 0.3) is 0 Å². The standard InChI is InChI=1S/C29H36INO8/c1-34-28-19-22(5-9-26(28)38-17-15-36-13-11-30)3-7-24(32)21-25(33)8-4-23-6-10-27(29(20-23)35-2)39-18-16-37-14-12-31/h3-10,19-20H,11-18,21,31H2,1-2H3/b7-3+,8-4+. The van der Waals surface area contributed by atoms with Crippen molar-refractivity contribution in [2.45, 2.75) is 6.42 Å². The summed E-state index contributed by atoms with van der Waals surface area (Å²) in [5, 5.41) is 0. The molecule has 0 amide bonds. The van der Waals surface area contributed by atoms with Crippen molar-refractivity contribution >= 4 is 46.3 Å². The van der Waals surface area contributed by atoms with Crippen LogP contribution in [0.1, 0.15) is 17.5 Å². The van der Waals surface area contributed by atoms with Crippen LogP contribution in [0.25, 0.3) is 12.2 Å². The smallest absolute Gasteiger partial charge is 0.163 e. The highest BCUT2D eigenvalue weighted by molar-refractivity contribution is 14.1. The number of rotatable bonds is 20. The third-order valence-electron chi connectivity index (χ3n) is 5.10. The average Bonchev–Trinajstić information content (AvgIpc) is 2.95. The molecular weight excluding hydrogens is 617 g/mol. The Morgan fingerprint density at radius 1 is 0.718 bits per heavy atom. The van der Waals surface area contributed by atoms with Crippen molar-refractivity contribution in [1.29, 1.82) is 0 Å². The molecule has 2 rings (SSSR count). The van der Waals surface area contributed by atoms with E-state index in [9.17, 15) is 9.59 Å². The van der Waals surface area contributed by atoms with Crippen LogP contribution >= 0.6 is 22.6 Å². The van der Waals surface area contributed by atoms with Crippen molar-refractivity contribution < 1.29 is 38.0 Å². The largest absolute Gasteiger partial charge is 0.493 e. The molecule has 10 heteroatoms. The number of nitrogens with two attached hydrogens (primary N) is 1. The molecule has 0 aliphatic carbocycles. The predicted octanol–water partition coefficient (Wildman–Crippen LogP) is 4.14. The lowest BCUT2D eigenvalue weighted by molar-refractivity contribution is -0.121. The zero-order valence-electron chi connectivity index (χ0n) is 22.4. The van der Waals surface area contributed by atoms with Crippen LogP contribution < -0.4 is 24.7 Å². The van der Waals surface area contributed by atoms with Crippen LogP contribution in [0.3, 0.4) is 0 Å². The molecule has 2 aromatic rings. The minimum atomic E-state index is -0.313. The highest BCUT2D eigenvalue weighted by Crippen LogP contribution is 2.29. The number of hydrogen-bond acceptors (Lipinski definition) is 9. The third kappa shape index (κ3) is 12.6. The number of carbonyl (C=O) groups excluding carboxylic acids is 2. The first-order valence-corrected chi connectivity index (χ1v) is 14.0. The SMILES string of the molecule is COc1cc(/C=C/C(=O)CC(=O)/C=C/c2ccc(OCCOCCI)c(OC)c2)ccc1OCCOCCN. The van der Waals surface area contributed by atoms with E-state index < -0.39 is 0 Å². The van der Waals surface area contributed by atoms with Gasteiger partial charge in [-0.3, -0.25) is 9.59 Å². The molecule has 0 bridgehead atoms. The van der Waals surface area contributed by atoms with E-state index in [2.05, 4.69) is 22.6 Å². The van der Waals surface area contributed by atoms with Gasteiger partial charge in [-0.1, -0.05) is 46.9 Å². The Balaban J connectivity index is 1.87. The molecular formula is C29H36INO8. The summed E-state index contributed by atoms with van der Waals surface area (Å²) >= 11 is 2.25. The Morgan fingerprint density at radius 3 is 1.64 bits per heavy atom. The summed E-state index contributed by atoms with van der Waals surface area (Å²) in [6.45, 7) is 3.29. The number of carbonyl (C=O) groups is 2. The molecule has 0 saturated carbocycles. The molecule has 2 aromatic carbocycles. The van der Waals surface area contributed by atoms with Gasteiger partial charge in [0, 0.05) is 11.0 Å². The highest BCUT2D eigenvalue weighted by atomic mass is 127. The maximum absolute atomic E-state index is 12.3.